The molecule has 1 aliphatic rings. The molecule has 1 heterocycles. The van der Waals surface area contributed by atoms with Crippen molar-refractivity contribution in [2.24, 2.45) is 10.9 Å². The van der Waals surface area contributed by atoms with Gasteiger partial charge in [-0.1, -0.05) is 13.8 Å². The van der Waals surface area contributed by atoms with Crippen LogP contribution in [0.3, 0.4) is 0 Å². The Morgan fingerprint density at radius 1 is 1.83 bits per heavy atom. The second kappa shape index (κ2) is 3.56. The molecule has 68 valence electrons. The number of carboxylic acid groups (broad SMARTS) is 1. The number of nitrogens with zero attached hydrogens (tertiary/aromatic N) is 1. The third kappa shape index (κ3) is 2.22. The SMILES string of the molecule is CC(C)C1COC(CC(=O)O)=N1. The summed E-state index contributed by atoms with van der Waals surface area (Å²) in [6.45, 7) is 4.61. The summed E-state index contributed by atoms with van der Waals surface area (Å²) in [6, 6.07) is 0.138. The predicted molar refractivity (Wildman–Crippen MR) is 44.3 cm³/mol. The van der Waals surface area contributed by atoms with Crippen LogP contribution < -0.4 is 0 Å². The first kappa shape index (κ1) is 9.03. The van der Waals surface area contributed by atoms with Crippen molar-refractivity contribution in [3.63, 3.8) is 0 Å². The lowest BCUT2D eigenvalue weighted by molar-refractivity contribution is -0.135. The van der Waals surface area contributed by atoms with Crippen LogP contribution in [0.2, 0.25) is 0 Å². The van der Waals surface area contributed by atoms with Gasteiger partial charge in [-0.2, -0.15) is 0 Å². The number of rotatable bonds is 3. The number of aliphatic imine (C=N–C) groups is 1. The Morgan fingerprint density at radius 2 is 2.50 bits per heavy atom. The molecule has 0 aromatic carbocycles. The molecule has 4 nitrogen and oxygen atoms in total. The Kier molecular flexibility index (Phi) is 2.68. The average Bonchev–Trinajstić information content (AvgIpc) is 2.34. The minimum absolute atomic E-state index is 0.0940. The zero-order valence-electron chi connectivity index (χ0n) is 7.28. The first-order valence-electron chi connectivity index (χ1n) is 4.01. The second-order valence-corrected chi connectivity index (χ2v) is 3.22. The highest BCUT2D eigenvalue weighted by atomic mass is 16.5. The topological polar surface area (TPSA) is 58.9 Å². The van der Waals surface area contributed by atoms with Crippen molar-refractivity contribution in [2.75, 3.05) is 6.61 Å². The molecule has 0 aromatic rings. The van der Waals surface area contributed by atoms with Gasteiger partial charge in [0.25, 0.3) is 0 Å². The third-order valence-corrected chi connectivity index (χ3v) is 1.80. The maximum absolute atomic E-state index is 10.3. The Bertz CT molecular complexity index is 210. The van der Waals surface area contributed by atoms with Gasteiger partial charge in [0, 0.05) is 0 Å². The molecule has 0 saturated heterocycles. The molecule has 1 unspecified atom stereocenters. The zero-order valence-corrected chi connectivity index (χ0v) is 7.28. The second-order valence-electron chi connectivity index (χ2n) is 3.22. The van der Waals surface area contributed by atoms with Gasteiger partial charge in [0.05, 0.1) is 6.04 Å². The normalized spacial score (nSPS) is 22.2. The molecule has 4 heteroatoms. The van der Waals surface area contributed by atoms with E-state index < -0.39 is 5.97 Å². The van der Waals surface area contributed by atoms with Gasteiger partial charge >= 0.3 is 5.97 Å². The van der Waals surface area contributed by atoms with Gasteiger partial charge in [0.15, 0.2) is 5.90 Å². The monoisotopic (exact) mass is 171 g/mol. The highest BCUT2D eigenvalue weighted by Gasteiger charge is 2.22. The molecule has 1 rings (SSSR count). The molecule has 0 fully saturated rings. The lowest BCUT2D eigenvalue weighted by Crippen LogP contribution is -2.13. The maximum Gasteiger partial charge on any atom is 0.312 e. The van der Waals surface area contributed by atoms with Crippen LogP contribution in [-0.4, -0.2) is 29.6 Å². The number of aliphatic carboxylic acids is 1. The lowest BCUT2D eigenvalue weighted by Gasteiger charge is -2.06. The predicted octanol–water partition coefficient (Wildman–Crippen LogP) is 0.914. The number of hydrogen-bond donors (Lipinski definition) is 1. The van der Waals surface area contributed by atoms with Gasteiger partial charge in [0.2, 0.25) is 0 Å². The molecule has 0 aromatic heterocycles. The van der Waals surface area contributed by atoms with Crippen LogP contribution in [-0.2, 0) is 9.53 Å². The van der Waals surface area contributed by atoms with E-state index in [1.165, 1.54) is 0 Å². The Labute approximate surface area is 71.3 Å². The lowest BCUT2D eigenvalue weighted by atomic mass is 10.1. The van der Waals surface area contributed by atoms with Crippen LogP contribution >= 0.6 is 0 Å². The molecule has 0 radical (unpaired) electrons. The summed E-state index contributed by atoms with van der Waals surface area (Å²) in [5.41, 5.74) is 0. The fraction of sp³-hybridized carbons (Fsp3) is 0.750. The summed E-state index contributed by atoms with van der Waals surface area (Å²) in [5.74, 6) is -0.115. The van der Waals surface area contributed by atoms with Crippen molar-refractivity contribution in [2.45, 2.75) is 26.3 Å². The molecule has 0 aliphatic carbocycles. The molecular formula is C8H13NO3. The van der Waals surface area contributed by atoms with E-state index in [9.17, 15) is 4.79 Å². The number of carboxylic acids is 1. The summed E-state index contributed by atoms with van der Waals surface area (Å²) in [4.78, 5) is 14.4. The Balaban J connectivity index is 2.48. The third-order valence-electron chi connectivity index (χ3n) is 1.80. The minimum atomic E-state index is -0.891. The van der Waals surface area contributed by atoms with Crippen molar-refractivity contribution in [3.8, 4) is 0 Å². The van der Waals surface area contributed by atoms with Crippen molar-refractivity contribution in [1.82, 2.24) is 0 Å². The van der Waals surface area contributed by atoms with Gasteiger partial charge in [-0.15, -0.1) is 0 Å². The highest BCUT2D eigenvalue weighted by molar-refractivity contribution is 5.94. The molecule has 1 aliphatic heterocycles. The van der Waals surface area contributed by atoms with Crippen LogP contribution in [0.25, 0.3) is 0 Å². The highest BCUT2D eigenvalue weighted by Crippen LogP contribution is 2.14. The van der Waals surface area contributed by atoms with Gasteiger partial charge in [-0.05, 0) is 5.92 Å². The zero-order chi connectivity index (χ0) is 9.14. The summed E-state index contributed by atoms with van der Waals surface area (Å²) in [6.07, 6.45) is -0.0940. The molecule has 0 saturated carbocycles. The van der Waals surface area contributed by atoms with E-state index in [2.05, 4.69) is 4.99 Å². The van der Waals surface area contributed by atoms with Crippen LogP contribution in [0.1, 0.15) is 20.3 Å². The number of hydrogen-bond acceptors (Lipinski definition) is 3. The Hall–Kier alpha value is -1.06. The molecule has 12 heavy (non-hydrogen) atoms. The standard InChI is InChI=1S/C8H13NO3/c1-5(2)6-4-12-7(9-6)3-8(10)11/h5-6H,3-4H2,1-2H3,(H,10,11). The van der Waals surface area contributed by atoms with Crippen LogP contribution in [0.5, 0.6) is 0 Å². The van der Waals surface area contributed by atoms with E-state index in [1.807, 2.05) is 13.8 Å². The van der Waals surface area contributed by atoms with Crippen molar-refractivity contribution < 1.29 is 14.6 Å². The van der Waals surface area contributed by atoms with E-state index in [1.54, 1.807) is 0 Å². The molecule has 0 spiro atoms. The van der Waals surface area contributed by atoms with Crippen LogP contribution in [0, 0.1) is 5.92 Å². The first-order valence-corrected chi connectivity index (χ1v) is 4.01. The maximum atomic E-state index is 10.3. The van der Waals surface area contributed by atoms with E-state index in [0.29, 0.717) is 18.4 Å². The smallest absolute Gasteiger partial charge is 0.312 e. The fourth-order valence-electron chi connectivity index (χ4n) is 1.01. The summed E-state index contributed by atoms with van der Waals surface area (Å²) < 4.78 is 5.11. The molecule has 0 bridgehead atoms. The van der Waals surface area contributed by atoms with Gasteiger partial charge in [0.1, 0.15) is 13.0 Å². The number of ether oxygens (including phenoxy) is 1. The number of carbonyl (C=O) groups is 1. The Morgan fingerprint density at radius 3 is 2.92 bits per heavy atom. The van der Waals surface area contributed by atoms with E-state index in [0.717, 1.165) is 0 Å². The van der Waals surface area contributed by atoms with E-state index >= 15 is 0 Å². The fourth-order valence-corrected chi connectivity index (χ4v) is 1.01. The summed E-state index contributed by atoms with van der Waals surface area (Å²) in [7, 11) is 0. The molecule has 1 atom stereocenters. The van der Waals surface area contributed by atoms with Crippen molar-refractivity contribution >= 4 is 11.9 Å². The first-order chi connectivity index (χ1) is 5.59. The quantitative estimate of drug-likeness (QED) is 0.686. The van der Waals surface area contributed by atoms with Crippen LogP contribution in [0.4, 0.5) is 0 Å². The van der Waals surface area contributed by atoms with E-state index in [-0.39, 0.29) is 12.5 Å². The molecule has 0 amide bonds. The average molecular weight is 171 g/mol. The largest absolute Gasteiger partial charge is 0.481 e. The van der Waals surface area contributed by atoms with Gasteiger partial charge in [-0.25, -0.2) is 4.99 Å². The van der Waals surface area contributed by atoms with Gasteiger partial charge < -0.3 is 9.84 Å². The van der Waals surface area contributed by atoms with Crippen LogP contribution in [0.15, 0.2) is 4.99 Å². The van der Waals surface area contributed by atoms with E-state index in [4.69, 9.17) is 9.84 Å². The summed E-state index contributed by atoms with van der Waals surface area (Å²) >= 11 is 0. The molecule has 1 N–H and O–H groups in total. The molecular weight excluding hydrogens is 158 g/mol. The van der Waals surface area contributed by atoms with Crippen molar-refractivity contribution in [1.29, 1.82) is 0 Å². The van der Waals surface area contributed by atoms with Gasteiger partial charge in [-0.3, -0.25) is 4.79 Å². The summed E-state index contributed by atoms with van der Waals surface area (Å²) in [5, 5.41) is 8.44. The van der Waals surface area contributed by atoms with Crippen molar-refractivity contribution in [3.05, 3.63) is 0 Å². The minimum Gasteiger partial charge on any atom is -0.481 e.